The van der Waals surface area contributed by atoms with Gasteiger partial charge in [0.2, 0.25) is 0 Å². The number of hydrogen-bond donors (Lipinski definition) is 1. The molecule has 2 aliphatic rings. The van der Waals surface area contributed by atoms with Crippen molar-refractivity contribution in [1.29, 1.82) is 0 Å². The number of carbonyl (C=O) groups excluding carboxylic acids is 1. The Morgan fingerprint density at radius 3 is 2.69 bits per heavy atom. The highest BCUT2D eigenvalue weighted by Crippen LogP contribution is 2.36. The highest BCUT2D eigenvalue weighted by atomic mass is 16.5. The molecule has 0 aromatic heterocycles. The SMILES string of the molecule is COC(=O)C#CC12CCC(CC1)N2. The van der Waals surface area contributed by atoms with Crippen LogP contribution in [0.3, 0.4) is 0 Å². The molecule has 3 heteroatoms. The van der Waals surface area contributed by atoms with E-state index in [1.54, 1.807) is 0 Å². The van der Waals surface area contributed by atoms with Crippen molar-refractivity contribution >= 4 is 5.97 Å². The number of rotatable bonds is 0. The van der Waals surface area contributed by atoms with Gasteiger partial charge in [0.15, 0.2) is 0 Å². The summed E-state index contributed by atoms with van der Waals surface area (Å²) in [5.74, 6) is 5.08. The first-order valence-electron chi connectivity index (χ1n) is 4.63. The van der Waals surface area contributed by atoms with E-state index < -0.39 is 5.97 Å². The Kier molecular flexibility index (Phi) is 2.01. The molecule has 2 fully saturated rings. The molecular formula is C10H13NO2. The molecular weight excluding hydrogens is 166 g/mol. The van der Waals surface area contributed by atoms with Gasteiger partial charge in [0, 0.05) is 12.0 Å². The van der Waals surface area contributed by atoms with Crippen LogP contribution in [0.25, 0.3) is 0 Å². The van der Waals surface area contributed by atoms with Gasteiger partial charge in [-0.05, 0) is 25.7 Å². The lowest BCUT2D eigenvalue weighted by Gasteiger charge is -2.17. The molecule has 2 bridgehead atoms. The van der Waals surface area contributed by atoms with E-state index >= 15 is 0 Å². The third-order valence-electron chi connectivity index (χ3n) is 2.91. The maximum Gasteiger partial charge on any atom is 0.384 e. The summed E-state index contributed by atoms with van der Waals surface area (Å²) in [6.45, 7) is 0. The standard InChI is InChI=1S/C10H13NO2/c1-13-9(12)4-7-10-5-2-8(11-10)3-6-10/h8,11H,2-3,5-6H2,1H3. The zero-order valence-corrected chi connectivity index (χ0v) is 7.72. The molecule has 2 saturated heterocycles. The topological polar surface area (TPSA) is 38.3 Å². The second-order valence-corrected chi connectivity index (χ2v) is 3.74. The van der Waals surface area contributed by atoms with Gasteiger partial charge in [0.05, 0.1) is 12.6 Å². The van der Waals surface area contributed by atoms with Crippen LogP contribution in [0.2, 0.25) is 0 Å². The molecule has 3 nitrogen and oxygen atoms in total. The van der Waals surface area contributed by atoms with Crippen LogP contribution in [0.4, 0.5) is 0 Å². The second-order valence-electron chi connectivity index (χ2n) is 3.74. The molecule has 2 rings (SSSR count). The predicted molar refractivity (Wildman–Crippen MR) is 47.9 cm³/mol. The molecule has 0 radical (unpaired) electrons. The van der Waals surface area contributed by atoms with Gasteiger partial charge < -0.3 is 4.74 Å². The summed E-state index contributed by atoms with van der Waals surface area (Å²) in [7, 11) is 1.36. The molecule has 13 heavy (non-hydrogen) atoms. The second kappa shape index (κ2) is 3.04. The van der Waals surface area contributed by atoms with Crippen LogP contribution >= 0.6 is 0 Å². The highest BCUT2D eigenvalue weighted by Gasteiger charge is 2.43. The Balaban J connectivity index is 2.07. The van der Waals surface area contributed by atoms with Crippen molar-refractivity contribution in [2.75, 3.05) is 7.11 Å². The molecule has 70 valence electrons. The van der Waals surface area contributed by atoms with Crippen LogP contribution < -0.4 is 5.32 Å². The molecule has 0 aromatic rings. The van der Waals surface area contributed by atoms with Gasteiger partial charge >= 0.3 is 5.97 Å². The van der Waals surface area contributed by atoms with Crippen molar-refractivity contribution in [2.24, 2.45) is 0 Å². The Morgan fingerprint density at radius 2 is 2.23 bits per heavy atom. The van der Waals surface area contributed by atoms with Gasteiger partial charge in [-0.15, -0.1) is 0 Å². The van der Waals surface area contributed by atoms with E-state index in [0.29, 0.717) is 6.04 Å². The average molecular weight is 179 g/mol. The van der Waals surface area contributed by atoms with Gasteiger partial charge in [-0.25, -0.2) is 4.79 Å². The van der Waals surface area contributed by atoms with Crippen molar-refractivity contribution in [3.63, 3.8) is 0 Å². The van der Waals surface area contributed by atoms with Gasteiger partial charge in [-0.1, -0.05) is 5.92 Å². The Bertz CT molecular complexity index is 279. The number of esters is 1. The summed E-state index contributed by atoms with van der Waals surface area (Å²) in [4.78, 5) is 10.8. The largest absolute Gasteiger partial charge is 0.459 e. The monoisotopic (exact) mass is 179 g/mol. The summed E-state index contributed by atoms with van der Waals surface area (Å²) in [6, 6.07) is 0.631. The number of fused-ring (bicyclic) bond motifs is 2. The highest BCUT2D eigenvalue weighted by molar-refractivity contribution is 5.88. The summed E-state index contributed by atoms with van der Waals surface area (Å²) >= 11 is 0. The minimum absolute atomic E-state index is 0.0706. The maximum absolute atomic E-state index is 10.8. The molecule has 0 atom stereocenters. The number of hydrogen-bond acceptors (Lipinski definition) is 3. The fourth-order valence-corrected chi connectivity index (χ4v) is 2.17. The quantitative estimate of drug-likeness (QED) is 0.333. The Hall–Kier alpha value is -1.01. The Morgan fingerprint density at radius 1 is 1.54 bits per heavy atom. The van der Waals surface area contributed by atoms with E-state index in [9.17, 15) is 4.79 Å². The van der Waals surface area contributed by atoms with Crippen molar-refractivity contribution in [3.8, 4) is 11.8 Å². The van der Waals surface area contributed by atoms with Crippen molar-refractivity contribution in [3.05, 3.63) is 0 Å². The van der Waals surface area contributed by atoms with Crippen LogP contribution in [0.5, 0.6) is 0 Å². The molecule has 1 N–H and O–H groups in total. The van der Waals surface area contributed by atoms with Gasteiger partial charge in [-0.3, -0.25) is 5.32 Å². The predicted octanol–water partition coefficient (Wildman–Crippen LogP) is 0.447. The number of ether oxygens (including phenoxy) is 1. The zero-order valence-electron chi connectivity index (χ0n) is 7.72. The summed E-state index contributed by atoms with van der Waals surface area (Å²) in [5.41, 5.74) is -0.0706. The molecule has 0 aliphatic carbocycles. The molecule has 2 aliphatic heterocycles. The lowest BCUT2D eigenvalue weighted by Crippen LogP contribution is -2.34. The van der Waals surface area contributed by atoms with E-state index in [2.05, 4.69) is 21.9 Å². The minimum atomic E-state index is -0.438. The fraction of sp³-hybridized carbons (Fsp3) is 0.700. The minimum Gasteiger partial charge on any atom is -0.459 e. The van der Waals surface area contributed by atoms with Gasteiger partial charge in [0.25, 0.3) is 0 Å². The van der Waals surface area contributed by atoms with Crippen molar-refractivity contribution in [1.82, 2.24) is 5.32 Å². The summed E-state index contributed by atoms with van der Waals surface area (Å²) in [5, 5.41) is 3.44. The smallest absolute Gasteiger partial charge is 0.384 e. The first-order chi connectivity index (χ1) is 6.24. The van der Waals surface area contributed by atoms with E-state index in [4.69, 9.17) is 0 Å². The molecule has 0 aromatic carbocycles. The van der Waals surface area contributed by atoms with E-state index in [-0.39, 0.29) is 5.54 Å². The van der Waals surface area contributed by atoms with E-state index in [0.717, 1.165) is 12.8 Å². The zero-order chi connectivity index (χ0) is 9.31. The maximum atomic E-state index is 10.8. The molecule has 2 heterocycles. The number of methoxy groups -OCH3 is 1. The number of nitrogens with one attached hydrogen (secondary N) is 1. The Labute approximate surface area is 77.8 Å². The van der Waals surface area contributed by atoms with Crippen LogP contribution in [0.15, 0.2) is 0 Å². The lowest BCUT2D eigenvalue weighted by molar-refractivity contribution is -0.133. The van der Waals surface area contributed by atoms with Gasteiger partial charge in [0.1, 0.15) is 0 Å². The van der Waals surface area contributed by atoms with Crippen molar-refractivity contribution < 1.29 is 9.53 Å². The van der Waals surface area contributed by atoms with Crippen LogP contribution in [-0.2, 0) is 9.53 Å². The first-order valence-corrected chi connectivity index (χ1v) is 4.63. The molecule has 0 unspecified atom stereocenters. The third kappa shape index (κ3) is 1.54. The van der Waals surface area contributed by atoms with E-state index in [1.165, 1.54) is 20.0 Å². The average Bonchev–Trinajstić information content (AvgIpc) is 2.74. The molecule has 0 saturated carbocycles. The number of carbonyl (C=O) groups is 1. The van der Waals surface area contributed by atoms with Gasteiger partial charge in [-0.2, -0.15) is 0 Å². The lowest BCUT2D eigenvalue weighted by atomic mass is 9.89. The van der Waals surface area contributed by atoms with E-state index in [1.807, 2.05) is 0 Å². The molecule has 0 amide bonds. The molecule has 0 spiro atoms. The van der Waals surface area contributed by atoms with Crippen LogP contribution in [-0.4, -0.2) is 24.7 Å². The van der Waals surface area contributed by atoms with Crippen LogP contribution in [0, 0.1) is 11.8 Å². The normalized spacial score (nSPS) is 35.3. The summed E-state index contributed by atoms with van der Waals surface area (Å²) in [6.07, 6.45) is 4.52. The van der Waals surface area contributed by atoms with Crippen molar-refractivity contribution in [2.45, 2.75) is 37.3 Å². The summed E-state index contributed by atoms with van der Waals surface area (Å²) < 4.78 is 4.47. The first kappa shape index (κ1) is 8.58. The fourth-order valence-electron chi connectivity index (χ4n) is 2.17. The van der Waals surface area contributed by atoms with Crippen LogP contribution in [0.1, 0.15) is 25.7 Å². The third-order valence-corrected chi connectivity index (χ3v) is 2.91.